The van der Waals surface area contributed by atoms with Crippen LogP contribution in [0.15, 0.2) is 53.6 Å². The first kappa shape index (κ1) is 17.5. The van der Waals surface area contributed by atoms with Crippen LogP contribution >= 0.6 is 0 Å². The van der Waals surface area contributed by atoms with Crippen molar-refractivity contribution < 1.29 is 14.3 Å². The van der Waals surface area contributed by atoms with Gasteiger partial charge < -0.3 is 9.47 Å². The fraction of sp³-hybridized carbons (Fsp3) is 0.263. The van der Waals surface area contributed by atoms with Gasteiger partial charge >= 0.3 is 0 Å². The highest BCUT2D eigenvalue weighted by Crippen LogP contribution is 2.16. The van der Waals surface area contributed by atoms with Crippen LogP contribution in [0.5, 0.6) is 11.5 Å². The third kappa shape index (κ3) is 5.12. The molecule has 0 aliphatic carbocycles. The van der Waals surface area contributed by atoms with Gasteiger partial charge in [-0.2, -0.15) is 5.10 Å². The first-order valence-corrected chi connectivity index (χ1v) is 7.94. The van der Waals surface area contributed by atoms with Gasteiger partial charge in [-0.15, -0.1) is 0 Å². The number of methoxy groups -OCH3 is 1. The smallest absolute Gasteiger partial charge is 0.275 e. The number of rotatable bonds is 8. The summed E-state index contributed by atoms with van der Waals surface area (Å²) in [5.41, 5.74) is 3.81. The highest BCUT2D eigenvalue weighted by molar-refractivity contribution is 5.97. The second-order valence-electron chi connectivity index (χ2n) is 5.17. The molecule has 0 spiro atoms. The molecule has 0 aliphatic heterocycles. The van der Waals surface area contributed by atoms with Crippen LogP contribution in [0, 0.1) is 0 Å². The second kappa shape index (κ2) is 9.35. The monoisotopic (exact) mass is 326 g/mol. The molecule has 0 atom stereocenters. The highest BCUT2D eigenvalue weighted by Gasteiger charge is 2.09. The van der Waals surface area contributed by atoms with Crippen molar-refractivity contribution in [3.8, 4) is 11.5 Å². The number of hydrogen-bond donors (Lipinski definition) is 1. The van der Waals surface area contributed by atoms with Crippen molar-refractivity contribution in [3.63, 3.8) is 0 Å². The zero-order chi connectivity index (χ0) is 17.2. The van der Waals surface area contributed by atoms with Crippen LogP contribution in [-0.4, -0.2) is 25.8 Å². The average Bonchev–Trinajstić information content (AvgIpc) is 2.63. The molecule has 5 nitrogen and oxygen atoms in total. The van der Waals surface area contributed by atoms with E-state index in [9.17, 15) is 4.79 Å². The zero-order valence-corrected chi connectivity index (χ0v) is 14.0. The minimum Gasteiger partial charge on any atom is -0.496 e. The molecule has 0 saturated carbocycles. The van der Waals surface area contributed by atoms with E-state index in [1.807, 2.05) is 30.3 Å². The molecule has 1 N–H and O–H groups in total. The van der Waals surface area contributed by atoms with Gasteiger partial charge in [0.2, 0.25) is 0 Å². The molecule has 0 aromatic heterocycles. The van der Waals surface area contributed by atoms with Crippen LogP contribution in [0.4, 0.5) is 0 Å². The average molecular weight is 326 g/mol. The molecule has 0 fully saturated rings. The summed E-state index contributed by atoms with van der Waals surface area (Å²) >= 11 is 0. The summed E-state index contributed by atoms with van der Waals surface area (Å²) in [5.74, 6) is 1.03. The Morgan fingerprint density at radius 1 is 1.17 bits per heavy atom. The van der Waals surface area contributed by atoms with Gasteiger partial charge in [0.25, 0.3) is 5.91 Å². The Morgan fingerprint density at radius 3 is 2.62 bits per heavy atom. The number of benzene rings is 2. The predicted octanol–water partition coefficient (Wildman–Crippen LogP) is 3.64. The minimum absolute atomic E-state index is 0.316. The van der Waals surface area contributed by atoms with E-state index in [4.69, 9.17) is 9.47 Å². The molecule has 0 radical (unpaired) electrons. The van der Waals surface area contributed by atoms with Crippen molar-refractivity contribution >= 4 is 12.1 Å². The van der Waals surface area contributed by atoms with Crippen molar-refractivity contribution in [1.29, 1.82) is 0 Å². The molecule has 5 heteroatoms. The fourth-order valence-corrected chi connectivity index (χ4v) is 2.04. The van der Waals surface area contributed by atoms with Crippen molar-refractivity contribution in [2.75, 3.05) is 13.7 Å². The molecule has 2 aromatic rings. The molecule has 2 aromatic carbocycles. The Kier molecular flexibility index (Phi) is 6.83. The van der Waals surface area contributed by atoms with E-state index >= 15 is 0 Å². The van der Waals surface area contributed by atoms with Gasteiger partial charge in [-0.1, -0.05) is 25.5 Å². The Balaban J connectivity index is 1.90. The third-order valence-electron chi connectivity index (χ3n) is 3.38. The van der Waals surface area contributed by atoms with Crippen molar-refractivity contribution in [1.82, 2.24) is 5.43 Å². The topological polar surface area (TPSA) is 59.9 Å². The predicted molar refractivity (Wildman–Crippen MR) is 94.9 cm³/mol. The molecule has 0 aliphatic rings. The van der Waals surface area contributed by atoms with E-state index in [-0.39, 0.29) is 5.91 Å². The van der Waals surface area contributed by atoms with Crippen molar-refractivity contribution in [2.45, 2.75) is 19.8 Å². The number of hydrazone groups is 1. The largest absolute Gasteiger partial charge is 0.496 e. The number of nitrogens with one attached hydrogen (secondary N) is 1. The maximum absolute atomic E-state index is 12.1. The van der Waals surface area contributed by atoms with Crippen LogP contribution < -0.4 is 14.9 Å². The quantitative estimate of drug-likeness (QED) is 0.458. The van der Waals surface area contributed by atoms with Crippen LogP contribution in [0.25, 0.3) is 0 Å². The Bertz CT molecular complexity index is 681. The molecule has 0 bridgehead atoms. The van der Waals surface area contributed by atoms with Crippen LogP contribution in [0.1, 0.15) is 35.7 Å². The molecule has 0 heterocycles. The first-order valence-electron chi connectivity index (χ1n) is 7.94. The molecule has 0 saturated heterocycles. The van der Waals surface area contributed by atoms with E-state index < -0.39 is 0 Å². The lowest BCUT2D eigenvalue weighted by molar-refractivity contribution is 0.0952. The number of ether oxygens (including phenoxy) is 2. The minimum atomic E-state index is -0.316. The summed E-state index contributed by atoms with van der Waals surface area (Å²) in [6.45, 7) is 2.85. The van der Waals surface area contributed by atoms with Crippen LogP contribution in [0.2, 0.25) is 0 Å². The van der Waals surface area contributed by atoms with Crippen molar-refractivity contribution in [2.24, 2.45) is 5.10 Å². The SMILES string of the molecule is CCCCOc1ccc(/C=N/NC(=O)c2ccccc2OC)cc1. The number of para-hydroxylation sites is 1. The molecule has 24 heavy (non-hydrogen) atoms. The van der Waals surface area contributed by atoms with Gasteiger partial charge in [0, 0.05) is 0 Å². The van der Waals surface area contributed by atoms with Gasteiger partial charge in [0.15, 0.2) is 0 Å². The van der Waals surface area contributed by atoms with Crippen LogP contribution in [-0.2, 0) is 0 Å². The number of amides is 1. The van der Waals surface area contributed by atoms with Crippen LogP contribution in [0.3, 0.4) is 0 Å². The number of unbranched alkanes of at least 4 members (excludes halogenated alkanes) is 1. The molecular formula is C19H22N2O3. The maximum atomic E-state index is 12.1. The number of nitrogens with zero attached hydrogens (tertiary/aromatic N) is 1. The Morgan fingerprint density at radius 2 is 1.92 bits per heavy atom. The normalized spacial score (nSPS) is 10.6. The lowest BCUT2D eigenvalue weighted by Gasteiger charge is -2.06. The van der Waals surface area contributed by atoms with E-state index in [1.54, 1.807) is 24.4 Å². The summed E-state index contributed by atoms with van der Waals surface area (Å²) in [6, 6.07) is 14.6. The van der Waals surface area contributed by atoms with E-state index in [0.717, 1.165) is 30.8 Å². The summed E-state index contributed by atoms with van der Waals surface area (Å²) in [5, 5.41) is 3.98. The van der Waals surface area contributed by atoms with Gasteiger partial charge in [-0.3, -0.25) is 4.79 Å². The summed E-state index contributed by atoms with van der Waals surface area (Å²) in [4.78, 5) is 12.1. The first-order chi connectivity index (χ1) is 11.7. The lowest BCUT2D eigenvalue weighted by Crippen LogP contribution is -2.18. The van der Waals surface area contributed by atoms with E-state index in [0.29, 0.717) is 11.3 Å². The molecule has 0 unspecified atom stereocenters. The molecule has 126 valence electrons. The number of carbonyl (C=O) groups excluding carboxylic acids is 1. The van der Waals surface area contributed by atoms with Gasteiger partial charge in [0.1, 0.15) is 11.5 Å². The fourth-order valence-electron chi connectivity index (χ4n) is 2.04. The lowest BCUT2D eigenvalue weighted by atomic mass is 10.2. The van der Waals surface area contributed by atoms with Gasteiger partial charge in [0.05, 0.1) is 25.5 Å². The zero-order valence-electron chi connectivity index (χ0n) is 14.0. The summed E-state index contributed by atoms with van der Waals surface area (Å²) in [6.07, 6.45) is 3.73. The molecular weight excluding hydrogens is 304 g/mol. The Hall–Kier alpha value is -2.82. The number of hydrogen-bond acceptors (Lipinski definition) is 4. The standard InChI is InChI=1S/C19H22N2O3/c1-3-4-13-24-16-11-9-15(10-12-16)14-20-21-19(22)17-7-5-6-8-18(17)23-2/h5-12,14H,3-4,13H2,1-2H3,(H,21,22)/b20-14+. The summed E-state index contributed by atoms with van der Waals surface area (Å²) in [7, 11) is 1.53. The Labute approximate surface area is 142 Å². The third-order valence-corrected chi connectivity index (χ3v) is 3.38. The highest BCUT2D eigenvalue weighted by atomic mass is 16.5. The van der Waals surface area contributed by atoms with E-state index in [2.05, 4.69) is 17.5 Å². The van der Waals surface area contributed by atoms with Gasteiger partial charge in [-0.05, 0) is 48.4 Å². The second-order valence-corrected chi connectivity index (χ2v) is 5.17. The van der Waals surface area contributed by atoms with Gasteiger partial charge in [-0.25, -0.2) is 5.43 Å². The number of carbonyl (C=O) groups is 1. The van der Waals surface area contributed by atoms with Crippen molar-refractivity contribution in [3.05, 3.63) is 59.7 Å². The summed E-state index contributed by atoms with van der Waals surface area (Å²) < 4.78 is 10.8. The molecule has 1 amide bonds. The van der Waals surface area contributed by atoms with E-state index in [1.165, 1.54) is 7.11 Å². The maximum Gasteiger partial charge on any atom is 0.275 e. The molecule has 2 rings (SSSR count).